The van der Waals surface area contributed by atoms with Crippen LogP contribution in [0.3, 0.4) is 0 Å². The SMILES string of the molecule is CNCc1ccccc1S(=O)(=O)N1CCC(C)C(C)C1. The summed E-state index contributed by atoms with van der Waals surface area (Å²) >= 11 is 0. The van der Waals surface area contributed by atoms with E-state index in [1.807, 2.05) is 19.2 Å². The quantitative estimate of drug-likeness (QED) is 0.925. The molecule has 1 aromatic rings. The Morgan fingerprint density at radius 2 is 1.95 bits per heavy atom. The molecule has 0 radical (unpaired) electrons. The van der Waals surface area contributed by atoms with E-state index < -0.39 is 10.0 Å². The Morgan fingerprint density at radius 3 is 2.60 bits per heavy atom. The number of hydrogen-bond donors (Lipinski definition) is 1. The third-order valence-corrected chi connectivity index (χ3v) is 6.22. The van der Waals surface area contributed by atoms with Crippen LogP contribution in [0.15, 0.2) is 29.2 Å². The first-order valence-corrected chi connectivity index (χ1v) is 8.63. The standard InChI is InChI=1S/C15H24N2O2S/c1-12-8-9-17(11-13(12)2)20(18,19)15-7-5-4-6-14(15)10-16-3/h4-7,12-13,16H,8-11H2,1-3H3. The molecule has 0 amide bonds. The van der Waals surface area contributed by atoms with Crippen LogP contribution in [0.1, 0.15) is 25.8 Å². The lowest BCUT2D eigenvalue weighted by Gasteiger charge is -2.34. The van der Waals surface area contributed by atoms with E-state index >= 15 is 0 Å². The van der Waals surface area contributed by atoms with Gasteiger partial charge in [0, 0.05) is 19.6 Å². The molecule has 4 nitrogen and oxygen atoms in total. The normalized spacial score (nSPS) is 24.8. The summed E-state index contributed by atoms with van der Waals surface area (Å²) in [6.07, 6.45) is 0.939. The van der Waals surface area contributed by atoms with Crippen molar-refractivity contribution in [1.29, 1.82) is 0 Å². The molecule has 2 atom stereocenters. The third-order valence-electron chi connectivity index (χ3n) is 4.25. The average Bonchev–Trinajstić information content (AvgIpc) is 2.42. The molecular weight excluding hydrogens is 272 g/mol. The largest absolute Gasteiger partial charge is 0.316 e. The van der Waals surface area contributed by atoms with Gasteiger partial charge in [-0.25, -0.2) is 8.42 Å². The van der Waals surface area contributed by atoms with Crippen LogP contribution in [0, 0.1) is 11.8 Å². The van der Waals surface area contributed by atoms with Gasteiger partial charge in [0.2, 0.25) is 10.0 Å². The first-order valence-electron chi connectivity index (χ1n) is 7.19. The maximum atomic E-state index is 12.8. The molecule has 1 aliphatic rings. The number of nitrogens with zero attached hydrogens (tertiary/aromatic N) is 1. The van der Waals surface area contributed by atoms with Crippen molar-refractivity contribution in [3.63, 3.8) is 0 Å². The van der Waals surface area contributed by atoms with E-state index in [0.29, 0.717) is 36.4 Å². The maximum absolute atomic E-state index is 12.8. The zero-order valence-corrected chi connectivity index (χ0v) is 13.3. The molecule has 2 unspecified atom stereocenters. The summed E-state index contributed by atoms with van der Waals surface area (Å²) in [5.41, 5.74) is 0.835. The number of nitrogens with one attached hydrogen (secondary N) is 1. The van der Waals surface area contributed by atoms with Gasteiger partial charge in [-0.3, -0.25) is 0 Å². The number of sulfonamides is 1. The topological polar surface area (TPSA) is 49.4 Å². The van der Waals surface area contributed by atoms with Crippen molar-refractivity contribution in [3.05, 3.63) is 29.8 Å². The van der Waals surface area contributed by atoms with Crippen LogP contribution in [-0.2, 0) is 16.6 Å². The fourth-order valence-corrected chi connectivity index (χ4v) is 4.45. The van der Waals surface area contributed by atoms with Crippen LogP contribution < -0.4 is 5.32 Å². The van der Waals surface area contributed by atoms with Gasteiger partial charge in [0.1, 0.15) is 0 Å². The van der Waals surface area contributed by atoms with E-state index in [-0.39, 0.29) is 0 Å². The van der Waals surface area contributed by atoms with Gasteiger partial charge in [-0.05, 0) is 36.9 Å². The first-order chi connectivity index (χ1) is 9.46. The molecule has 1 N–H and O–H groups in total. The molecule has 1 aromatic carbocycles. The van der Waals surface area contributed by atoms with Crippen molar-refractivity contribution in [1.82, 2.24) is 9.62 Å². The summed E-state index contributed by atoms with van der Waals surface area (Å²) in [4.78, 5) is 0.441. The summed E-state index contributed by atoms with van der Waals surface area (Å²) in [7, 11) is -1.55. The predicted octanol–water partition coefficient (Wildman–Crippen LogP) is 2.07. The molecule has 2 rings (SSSR count). The lowest BCUT2D eigenvalue weighted by atomic mass is 9.90. The molecule has 0 aromatic heterocycles. The molecule has 0 saturated carbocycles. The minimum atomic E-state index is -3.38. The Kier molecular flexibility index (Phi) is 4.83. The predicted molar refractivity (Wildman–Crippen MR) is 80.9 cm³/mol. The molecule has 1 fully saturated rings. The van der Waals surface area contributed by atoms with E-state index in [1.54, 1.807) is 16.4 Å². The highest BCUT2D eigenvalue weighted by Crippen LogP contribution is 2.28. The second-order valence-corrected chi connectivity index (χ2v) is 7.65. The summed E-state index contributed by atoms with van der Waals surface area (Å²) in [5.74, 6) is 1.00. The molecule has 0 spiro atoms. The van der Waals surface area contributed by atoms with Crippen molar-refractivity contribution >= 4 is 10.0 Å². The Morgan fingerprint density at radius 1 is 1.25 bits per heavy atom. The van der Waals surface area contributed by atoms with Crippen LogP contribution in [0.4, 0.5) is 0 Å². The van der Waals surface area contributed by atoms with Crippen molar-refractivity contribution in [2.24, 2.45) is 11.8 Å². The lowest BCUT2D eigenvalue weighted by Crippen LogP contribution is -2.42. The van der Waals surface area contributed by atoms with Gasteiger partial charge < -0.3 is 5.32 Å². The van der Waals surface area contributed by atoms with Crippen molar-refractivity contribution in [2.75, 3.05) is 20.1 Å². The van der Waals surface area contributed by atoms with Gasteiger partial charge in [-0.2, -0.15) is 4.31 Å². The van der Waals surface area contributed by atoms with Gasteiger partial charge in [0.05, 0.1) is 4.90 Å². The molecule has 0 bridgehead atoms. The molecule has 1 heterocycles. The van der Waals surface area contributed by atoms with Crippen LogP contribution >= 0.6 is 0 Å². The van der Waals surface area contributed by atoms with Crippen LogP contribution in [-0.4, -0.2) is 32.9 Å². The Hall–Kier alpha value is -0.910. The number of hydrogen-bond acceptors (Lipinski definition) is 3. The van der Waals surface area contributed by atoms with Crippen molar-refractivity contribution < 1.29 is 8.42 Å². The fourth-order valence-electron chi connectivity index (χ4n) is 2.67. The minimum Gasteiger partial charge on any atom is -0.316 e. The molecule has 0 aliphatic carbocycles. The van der Waals surface area contributed by atoms with Gasteiger partial charge in [0.15, 0.2) is 0 Å². The Balaban J connectivity index is 2.31. The van der Waals surface area contributed by atoms with Gasteiger partial charge in [0.25, 0.3) is 0 Å². The highest BCUT2D eigenvalue weighted by molar-refractivity contribution is 7.89. The monoisotopic (exact) mass is 296 g/mol. The lowest BCUT2D eigenvalue weighted by molar-refractivity contribution is 0.212. The number of benzene rings is 1. The second kappa shape index (κ2) is 6.24. The van der Waals surface area contributed by atoms with E-state index in [2.05, 4.69) is 19.2 Å². The number of piperidine rings is 1. The Labute approximate surface area is 122 Å². The van der Waals surface area contributed by atoms with Crippen LogP contribution in [0.25, 0.3) is 0 Å². The first kappa shape index (κ1) is 15.5. The van der Waals surface area contributed by atoms with E-state index in [0.717, 1.165) is 12.0 Å². The summed E-state index contributed by atoms with van der Waals surface area (Å²) in [5, 5.41) is 3.03. The molecule has 1 saturated heterocycles. The zero-order chi connectivity index (χ0) is 14.8. The summed E-state index contributed by atoms with van der Waals surface area (Å²) in [6, 6.07) is 7.26. The minimum absolute atomic E-state index is 0.412. The van der Waals surface area contributed by atoms with E-state index in [9.17, 15) is 8.42 Å². The van der Waals surface area contributed by atoms with Crippen LogP contribution in [0.5, 0.6) is 0 Å². The third kappa shape index (κ3) is 3.05. The average molecular weight is 296 g/mol. The maximum Gasteiger partial charge on any atom is 0.243 e. The highest BCUT2D eigenvalue weighted by atomic mass is 32.2. The van der Waals surface area contributed by atoms with Crippen molar-refractivity contribution in [2.45, 2.75) is 31.7 Å². The van der Waals surface area contributed by atoms with Gasteiger partial charge in [-0.15, -0.1) is 0 Å². The molecule has 20 heavy (non-hydrogen) atoms. The van der Waals surface area contributed by atoms with Gasteiger partial charge in [-0.1, -0.05) is 32.0 Å². The van der Waals surface area contributed by atoms with E-state index in [1.165, 1.54) is 0 Å². The molecule has 5 heteroatoms. The summed E-state index contributed by atoms with van der Waals surface area (Å²) in [6.45, 7) is 6.14. The zero-order valence-electron chi connectivity index (χ0n) is 12.5. The smallest absolute Gasteiger partial charge is 0.243 e. The van der Waals surface area contributed by atoms with E-state index in [4.69, 9.17) is 0 Å². The second-order valence-electron chi connectivity index (χ2n) is 5.74. The summed E-state index contributed by atoms with van der Waals surface area (Å²) < 4.78 is 27.3. The molecule has 1 aliphatic heterocycles. The molecular formula is C15H24N2O2S. The highest BCUT2D eigenvalue weighted by Gasteiger charge is 2.32. The van der Waals surface area contributed by atoms with Crippen LogP contribution in [0.2, 0.25) is 0 Å². The Bertz CT molecular complexity index is 557. The molecule has 112 valence electrons. The van der Waals surface area contributed by atoms with Gasteiger partial charge >= 0.3 is 0 Å². The fraction of sp³-hybridized carbons (Fsp3) is 0.600. The van der Waals surface area contributed by atoms with Crippen molar-refractivity contribution in [3.8, 4) is 0 Å². The number of rotatable bonds is 4.